The third-order valence-electron chi connectivity index (χ3n) is 6.48. The minimum Gasteiger partial charge on any atom is -0.352 e. The number of halogens is 1. The second kappa shape index (κ2) is 13.1. The Kier molecular flexibility index (Phi) is 10.2. The number of hydrogen-bond donors (Lipinski definition) is 1. The molecule has 3 rings (SSSR count). The van der Waals surface area contributed by atoms with Crippen LogP contribution in [0.25, 0.3) is 0 Å². The van der Waals surface area contributed by atoms with Gasteiger partial charge in [0.1, 0.15) is 12.6 Å². The van der Waals surface area contributed by atoms with Crippen molar-refractivity contribution in [2.45, 2.75) is 64.6 Å². The zero-order chi connectivity index (χ0) is 28.7. The van der Waals surface area contributed by atoms with Crippen molar-refractivity contribution in [2.75, 3.05) is 10.8 Å². The number of nitrogens with one attached hydrogen (secondary N) is 1. The fraction of sp³-hybridized carbons (Fsp3) is 0.333. The van der Waals surface area contributed by atoms with Crippen molar-refractivity contribution >= 4 is 39.1 Å². The van der Waals surface area contributed by atoms with E-state index >= 15 is 0 Å². The molecule has 3 aromatic rings. The van der Waals surface area contributed by atoms with Crippen LogP contribution in [0.4, 0.5) is 5.69 Å². The van der Waals surface area contributed by atoms with Crippen molar-refractivity contribution < 1.29 is 18.0 Å². The maximum absolute atomic E-state index is 14.1. The summed E-state index contributed by atoms with van der Waals surface area (Å²) in [7, 11) is -4.15. The van der Waals surface area contributed by atoms with E-state index in [1.54, 1.807) is 25.1 Å². The molecule has 0 aromatic heterocycles. The van der Waals surface area contributed by atoms with Crippen LogP contribution in [0.15, 0.2) is 77.7 Å². The molecule has 0 spiro atoms. The minimum atomic E-state index is -4.15. The summed E-state index contributed by atoms with van der Waals surface area (Å²) in [6.07, 6.45) is 0.366. The van der Waals surface area contributed by atoms with E-state index in [1.165, 1.54) is 29.2 Å². The first-order chi connectivity index (χ1) is 18.4. The summed E-state index contributed by atoms with van der Waals surface area (Å²) in [5.74, 6) is -0.762. The smallest absolute Gasteiger partial charge is 0.264 e. The van der Waals surface area contributed by atoms with Crippen molar-refractivity contribution in [2.24, 2.45) is 0 Å². The number of hydrogen-bond acceptors (Lipinski definition) is 4. The Morgan fingerprint density at radius 3 is 2.05 bits per heavy atom. The second-order valence-electron chi connectivity index (χ2n) is 9.79. The van der Waals surface area contributed by atoms with Gasteiger partial charge in [0, 0.05) is 17.6 Å². The lowest BCUT2D eigenvalue weighted by Crippen LogP contribution is -2.53. The third-order valence-corrected chi connectivity index (χ3v) is 8.51. The highest BCUT2D eigenvalue weighted by molar-refractivity contribution is 7.92. The summed E-state index contributed by atoms with van der Waals surface area (Å²) in [5.41, 5.74) is 2.93. The van der Waals surface area contributed by atoms with Crippen LogP contribution >= 0.6 is 11.6 Å². The topological polar surface area (TPSA) is 86.8 Å². The third kappa shape index (κ3) is 7.40. The molecule has 3 aromatic carbocycles. The van der Waals surface area contributed by atoms with Crippen molar-refractivity contribution in [1.29, 1.82) is 0 Å². The summed E-state index contributed by atoms with van der Waals surface area (Å²) in [6, 6.07) is 19.6. The number of nitrogens with zero attached hydrogens (tertiary/aromatic N) is 2. The van der Waals surface area contributed by atoms with Crippen LogP contribution in [-0.4, -0.2) is 43.8 Å². The van der Waals surface area contributed by atoms with E-state index in [9.17, 15) is 18.0 Å². The number of anilines is 1. The van der Waals surface area contributed by atoms with Gasteiger partial charge in [-0.15, -0.1) is 0 Å². The molecule has 0 unspecified atom stereocenters. The van der Waals surface area contributed by atoms with Gasteiger partial charge in [0.25, 0.3) is 10.0 Å². The lowest BCUT2D eigenvalue weighted by molar-refractivity contribution is -0.140. The first kappa shape index (κ1) is 30.2. The predicted octanol–water partition coefficient (Wildman–Crippen LogP) is 5.48. The Morgan fingerprint density at radius 2 is 1.49 bits per heavy atom. The van der Waals surface area contributed by atoms with Crippen LogP contribution in [-0.2, 0) is 26.2 Å². The summed E-state index contributed by atoms with van der Waals surface area (Å²) < 4.78 is 29.0. The Bertz CT molecular complexity index is 1410. The van der Waals surface area contributed by atoms with Gasteiger partial charge >= 0.3 is 0 Å². The maximum atomic E-state index is 14.1. The first-order valence-electron chi connectivity index (χ1n) is 12.9. The lowest BCUT2D eigenvalue weighted by atomic mass is 10.1. The highest BCUT2D eigenvalue weighted by atomic mass is 35.5. The molecule has 0 heterocycles. The minimum absolute atomic E-state index is 0.0120. The molecule has 0 aliphatic heterocycles. The van der Waals surface area contributed by atoms with Crippen molar-refractivity contribution in [3.8, 4) is 0 Å². The van der Waals surface area contributed by atoms with Crippen LogP contribution in [0.1, 0.15) is 43.9 Å². The Balaban J connectivity index is 2.09. The summed E-state index contributed by atoms with van der Waals surface area (Å²) in [6.45, 7) is 8.98. The highest BCUT2D eigenvalue weighted by Gasteiger charge is 2.34. The molecule has 2 amide bonds. The molecule has 0 fully saturated rings. The average Bonchev–Trinajstić information content (AvgIpc) is 2.88. The highest BCUT2D eigenvalue weighted by Crippen LogP contribution is 2.28. The van der Waals surface area contributed by atoms with E-state index in [4.69, 9.17) is 11.6 Å². The zero-order valence-electron chi connectivity index (χ0n) is 23.0. The van der Waals surface area contributed by atoms with Gasteiger partial charge in [-0.3, -0.25) is 13.9 Å². The standard InChI is InChI=1S/C30H36ClN3O4S/c1-6-27(30(36)32-21(2)3)33(19-24-13-9-7-11-22(24)4)29(35)20-34(28-14-10-8-12-23(28)5)39(37,38)26-17-15-25(31)16-18-26/h7-18,21,27H,6,19-20H2,1-5H3,(H,32,36)/t27-/m0/s1. The van der Waals surface area contributed by atoms with Crippen molar-refractivity contribution in [3.05, 3.63) is 94.5 Å². The number of para-hydroxylation sites is 1. The number of sulfonamides is 1. The molecule has 0 bridgehead atoms. The molecule has 1 N–H and O–H groups in total. The van der Waals surface area contributed by atoms with Gasteiger partial charge in [-0.25, -0.2) is 8.42 Å². The number of carbonyl (C=O) groups excluding carboxylic acids is 2. The van der Waals surface area contributed by atoms with Crippen molar-refractivity contribution in [1.82, 2.24) is 10.2 Å². The largest absolute Gasteiger partial charge is 0.352 e. The van der Waals surface area contributed by atoms with Gasteiger partial charge < -0.3 is 10.2 Å². The number of carbonyl (C=O) groups is 2. The van der Waals surface area contributed by atoms with Gasteiger partial charge in [0.05, 0.1) is 10.6 Å². The van der Waals surface area contributed by atoms with Gasteiger partial charge in [0.2, 0.25) is 11.8 Å². The van der Waals surface area contributed by atoms with Crippen LogP contribution in [0.3, 0.4) is 0 Å². The monoisotopic (exact) mass is 569 g/mol. The van der Waals surface area contributed by atoms with Crippen LogP contribution in [0.5, 0.6) is 0 Å². The molecule has 0 aliphatic rings. The lowest BCUT2D eigenvalue weighted by Gasteiger charge is -2.34. The van der Waals surface area contributed by atoms with E-state index in [1.807, 2.05) is 58.0 Å². The van der Waals surface area contributed by atoms with E-state index in [2.05, 4.69) is 5.32 Å². The van der Waals surface area contributed by atoms with Crippen LogP contribution in [0, 0.1) is 13.8 Å². The SMILES string of the molecule is CC[C@@H](C(=O)NC(C)C)N(Cc1ccccc1C)C(=O)CN(c1ccccc1C)S(=O)(=O)c1ccc(Cl)cc1. The van der Waals surface area contributed by atoms with E-state index in [0.29, 0.717) is 22.7 Å². The molecule has 0 aliphatic carbocycles. The Hall–Kier alpha value is -3.36. The van der Waals surface area contributed by atoms with Crippen LogP contribution < -0.4 is 9.62 Å². The van der Waals surface area contributed by atoms with E-state index < -0.39 is 28.5 Å². The van der Waals surface area contributed by atoms with Gasteiger partial charge in [-0.05, 0) is 81.1 Å². The number of amides is 2. The van der Waals surface area contributed by atoms with E-state index in [-0.39, 0.29) is 23.4 Å². The van der Waals surface area contributed by atoms with Gasteiger partial charge in [0.15, 0.2) is 0 Å². The summed E-state index contributed by atoms with van der Waals surface area (Å²) in [4.78, 5) is 28.8. The summed E-state index contributed by atoms with van der Waals surface area (Å²) in [5, 5.41) is 3.31. The molecule has 208 valence electrons. The fourth-order valence-corrected chi connectivity index (χ4v) is 5.97. The quantitative estimate of drug-likeness (QED) is 0.331. The number of benzene rings is 3. The molecule has 39 heavy (non-hydrogen) atoms. The molecule has 9 heteroatoms. The van der Waals surface area contributed by atoms with Crippen molar-refractivity contribution in [3.63, 3.8) is 0 Å². The first-order valence-corrected chi connectivity index (χ1v) is 14.8. The predicted molar refractivity (Wildman–Crippen MR) is 156 cm³/mol. The molecule has 0 radical (unpaired) electrons. The van der Waals surface area contributed by atoms with Gasteiger partial charge in [-0.1, -0.05) is 61.0 Å². The number of aryl methyl sites for hydroxylation is 2. The number of rotatable bonds is 11. The Morgan fingerprint density at radius 1 is 0.897 bits per heavy atom. The average molecular weight is 570 g/mol. The molecule has 0 saturated heterocycles. The Labute approximate surface area is 236 Å². The van der Waals surface area contributed by atoms with E-state index in [0.717, 1.165) is 15.4 Å². The molecular weight excluding hydrogens is 534 g/mol. The zero-order valence-corrected chi connectivity index (χ0v) is 24.6. The van der Waals surface area contributed by atoms with Gasteiger partial charge in [-0.2, -0.15) is 0 Å². The summed E-state index contributed by atoms with van der Waals surface area (Å²) >= 11 is 6.01. The second-order valence-corrected chi connectivity index (χ2v) is 12.1. The molecule has 1 atom stereocenters. The fourth-order valence-electron chi connectivity index (χ4n) is 4.36. The normalized spacial score (nSPS) is 12.2. The molecule has 0 saturated carbocycles. The van der Waals surface area contributed by atoms with Crippen LogP contribution in [0.2, 0.25) is 5.02 Å². The maximum Gasteiger partial charge on any atom is 0.264 e. The molecule has 7 nitrogen and oxygen atoms in total. The molecular formula is C30H36ClN3O4S.